The molecule has 0 unspecified atom stereocenters. The summed E-state index contributed by atoms with van der Waals surface area (Å²) in [5.41, 5.74) is 5.69. The molecule has 0 fully saturated rings. The first kappa shape index (κ1) is 16.4. The first-order valence-electron chi connectivity index (χ1n) is 4.43. The van der Waals surface area contributed by atoms with Gasteiger partial charge in [-0.15, -0.1) is 12.4 Å². The van der Waals surface area contributed by atoms with E-state index in [-0.39, 0.29) is 34.4 Å². The van der Waals surface area contributed by atoms with Gasteiger partial charge in [-0.1, -0.05) is 23.2 Å². The fraction of sp³-hybridized carbons (Fsp3) is 0.300. The number of esters is 1. The van der Waals surface area contributed by atoms with E-state index in [0.717, 1.165) is 6.07 Å². The Balaban J connectivity index is 0.00000256. The molecule has 1 atom stereocenters. The van der Waals surface area contributed by atoms with Crippen LogP contribution in [0.5, 0.6) is 0 Å². The Morgan fingerprint density at radius 1 is 1.53 bits per heavy atom. The average Bonchev–Trinajstić information content (AvgIpc) is 2.24. The SMILES string of the molecule is COC(=O)C[C@H](N)c1c(F)ccc(Cl)c1Cl.Cl. The maximum atomic E-state index is 13.5. The molecule has 0 heterocycles. The van der Waals surface area contributed by atoms with Crippen LogP contribution in [0.2, 0.25) is 10.0 Å². The second-order valence-corrected chi connectivity index (χ2v) is 3.93. The second kappa shape index (κ2) is 7.01. The number of ether oxygens (including phenoxy) is 1. The van der Waals surface area contributed by atoms with Crippen LogP contribution >= 0.6 is 35.6 Å². The van der Waals surface area contributed by atoms with Crippen molar-refractivity contribution in [2.75, 3.05) is 7.11 Å². The van der Waals surface area contributed by atoms with E-state index in [0.29, 0.717) is 0 Å². The van der Waals surface area contributed by atoms with Gasteiger partial charge in [0.25, 0.3) is 0 Å². The van der Waals surface area contributed by atoms with E-state index >= 15 is 0 Å². The molecule has 0 aliphatic carbocycles. The van der Waals surface area contributed by atoms with Crippen molar-refractivity contribution in [2.45, 2.75) is 12.5 Å². The van der Waals surface area contributed by atoms with Crippen LogP contribution in [0.1, 0.15) is 18.0 Å². The Kier molecular flexibility index (Phi) is 6.78. The monoisotopic (exact) mass is 301 g/mol. The smallest absolute Gasteiger partial charge is 0.307 e. The van der Waals surface area contributed by atoms with Gasteiger partial charge in [-0.25, -0.2) is 4.39 Å². The van der Waals surface area contributed by atoms with Crippen LogP contribution < -0.4 is 5.73 Å². The average molecular weight is 303 g/mol. The van der Waals surface area contributed by atoms with Gasteiger partial charge in [-0.3, -0.25) is 4.79 Å². The molecule has 3 nitrogen and oxygen atoms in total. The van der Waals surface area contributed by atoms with Crippen LogP contribution in [0.3, 0.4) is 0 Å². The Labute approximate surface area is 114 Å². The van der Waals surface area contributed by atoms with Crippen molar-refractivity contribution in [2.24, 2.45) is 5.73 Å². The molecule has 96 valence electrons. The van der Waals surface area contributed by atoms with E-state index in [1.165, 1.54) is 13.2 Å². The molecule has 0 bridgehead atoms. The van der Waals surface area contributed by atoms with E-state index in [1.54, 1.807) is 0 Å². The van der Waals surface area contributed by atoms with Crippen LogP contribution in [0, 0.1) is 5.82 Å². The lowest BCUT2D eigenvalue weighted by molar-refractivity contribution is -0.141. The van der Waals surface area contributed by atoms with Gasteiger partial charge >= 0.3 is 5.97 Å². The fourth-order valence-corrected chi connectivity index (χ4v) is 1.71. The van der Waals surface area contributed by atoms with Crippen LogP contribution in [0.25, 0.3) is 0 Å². The maximum absolute atomic E-state index is 13.5. The quantitative estimate of drug-likeness (QED) is 0.689. The minimum Gasteiger partial charge on any atom is -0.469 e. The molecule has 0 aliphatic rings. The Morgan fingerprint density at radius 2 is 2.12 bits per heavy atom. The highest BCUT2D eigenvalue weighted by Crippen LogP contribution is 2.32. The van der Waals surface area contributed by atoms with Crippen LogP contribution in [0.4, 0.5) is 4.39 Å². The van der Waals surface area contributed by atoms with E-state index in [9.17, 15) is 9.18 Å². The Bertz CT molecular complexity index is 415. The predicted octanol–water partition coefficient (Wildman–Crippen LogP) is 3.12. The number of hydrogen-bond acceptors (Lipinski definition) is 3. The van der Waals surface area contributed by atoms with E-state index in [1.807, 2.05) is 0 Å². The molecule has 1 aromatic carbocycles. The van der Waals surface area contributed by atoms with Crippen molar-refractivity contribution in [1.82, 2.24) is 0 Å². The van der Waals surface area contributed by atoms with Gasteiger partial charge in [0.1, 0.15) is 5.82 Å². The van der Waals surface area contributed by atoms with E-state index in [2.05, 4.69) is 4.74 Å². The molecule has 0 saturated carbocycles. The summed E-state index contributed by atoms with van der Waals surface area (Å²) >= 11 is 11.5. The lowest BCUT2D eigenvalue weighted by Crippen LogP contribution is -2.18. The predicted molar refractivity (Wildman–Crippen MR) is 67.2 cm³/mol. The van der Waals surface area contributed by atoms with Crippen LogP contribution in [-0.2, 0) is 9.53 Å². The van der Waals surface area contributed by atoms with Gasteiger partial charge in [-0.2, -0.15) is 0 Å². The zero-order valence-electron chi connectivity index (χ0n) is 8.88. The Hall–Kier alpha value is -0.550. The van der Waals surface area contributed by atoms with Gasteiger partial charge in [-0.05, 0) is 12.1 Å². The van der Waals surface area contributed by atoms with E-state index < -0.39 is 17.8 Å². The summed E-state index contributed by atoms with van der Waals surface area (Å²) in [4.78, 5) is 11.0. The van der Waals surface area contributed by atoms with Crippen LogP contribution in [0.15, 0.2) is 12.1 Å². The van der Waals surface area contributed by atoms with Crippen molar-refractivity contribution < 1.29 is 13.9 Å². The number of carbonyl (C=O) groups is 1. The number of halogens is 4. The van der Waals surface area contributed by atoms with Gasteiger partial charge in [0.15, 0.2) is 0 Å². The third-order valence-corrected chi connectivity index (χ3v) is 2.88. The molecular weight excluding hydrogens is 291 g/mol. The molecule has 0 aliphatic heterocycles. The highest BCUT2D eigenvalue weighted by atomic mass is 35.5. The summed E-state index contributed by atoms with van der Waals surface area (Å²) in [6.07, 6.45) is -0.159. The van der Waals surface area contributed by atoms with Crippen LogP contribution in [-0.4, -0.2) is 13.1 Å². The van der Waals surface area contributed by atoms with E-state index in [4.69, 9.17) is 28.9 Å². The first-order chi connectivity index (χ1) is 7.47. The number of benzene rings is 1. The summed E-state index contributed by atoms with van der Waals surface area (Å²) in [6, 6.07) is 1.60. The normalized spacial score (nSPS) is 11.6. The minimum absolute atomic E-state index is 0. The zero-order valence-corrected chi connectivity index (χ0v) is 11.2. The van der Waals surface area contributed by atoms with Crippen molar-refractivity contribution in [1.29, 1.82) is 0 Å². The molecule has 0 amide bonds. The van der Waals surface area contributed by atoms with Gasteiger partial charge in [0.05, 0.1) is 23.6 Å². The summed E-state index contributed by atoms with van der Waals surface area (Å²) < 4.78 is 17.9. The second-order valence-electron chi connectivity index (χ2n) is 3.14. The third-order valence-electron chi connectivity index (χ3n) is 2.06. The number of carbonyl (C=O) groups excluding carboxylic acids is 1. The maximum Gasteiger partial charge on any atom is 0.307 e. The first-order valence-corrected chi connectivity index (χ1v) is 5.18. The molecule has 1 rings (SSSR count). The fourth-order valence-electron chi connectivity index (χ4n) is 1.25. The molecular formula is C10H11Cl3FNO2. The van der Waals surface area contributed by atoms with Crippen molar-refractivity contribution in [3.8, 4) is 0 Å². The molecule has 1 aromatic rings. The summed E-state index contributed by atoms with van der Waals surface area (Å²) in [5.74, 6) is -1.13. The lowest BCUT2D eigenvalue weighted by atomic mass is 10.0. The molecule has 7 heteroatoms. The Morgan fingerprint density at radius 3 is 2.65 bits per heavy atom. The lowest BCUT2D eigenvalue weighted by Gasteiger charge is -2.14. The van der Waals surface area contributed by atoms with Gasteiger partial charge < -0.3 is 10.5 Å². The molecule has 0 aromatic heterocycles. The third kappa shape index (κ3) is 4.00. The molecule has 17 heavy (non-hydrogen) atoms. The number of methoxy groups -OCH3 is 1. The summed E-state index contributed by atoms with van der Waals surface area (Å²) in [7, 11) is 1.23. The molecule has 2 N–H and O–H groups in total. The zero-order chi connectivity index (χ0) is 12.3. The highest BCUT2D eigenvalue weighted by Gasteiger charge is 2.20. The van der Waals surface area contributed by atoms with Crippen molar-refractivity contribution in [3.05, 3.63) is 33.6 Å². The topological polar surface area (TPSA) is 52.3 Å². The summed E-state index contributed by atoms with van der Waals surface area (Å²) in [6.45, 7) is 0. The van der Waals surface area contributed by atoms with Crippen molar-refractivity contribution >= 4 is 41.6 Å². The number of rotatable bonds is 3. The summed E-state index contributed by atoms with van der Waals surface area (Å²) in [5, 5.41) is 0.219. The minimum atomic E-state index is -0.876. The standard InChI is InChI=1S/C10H10Cl2FNO2.ClH/c1-16-8(15)4-7(14)9-6(13)3-2-5(11)10(9)12;/h2-3,7H,4,14H2,1H3;1H/t7-;/m0./s1. The molecule has 0 radical (unpaired) electrons. The highest BCUT2D eigenvalue weighted by molar-refractivity contribution is 6.42. The van der Waals surface area contributed by atoms with Crippen molar-refractivity contribution in [3.63, 3.8) is 0 Å². The number of hydrogen-bond donors (Lipinski definition) is 1. The van der Waals surface area contributed by atoms with Gasteiger partial charge in [0, 0.05) is 11.6 Å². The largest absolute Gasteiger partial charge is 0.469 e. The number of nitrogens with two attached hydrogens (primary N) is 1. The molecule has 0 saturated heterocycles. The van der Waals surface area contributed by atoms with Gasteiger partial charge in [0.2, 0.25) is 0 Å². The molecule has 0 spiro atoms.